The number of rotatable bonds is 1. The molecule has 1 aromatic rings. The van der Waals surface area contributed by atoms with Gasteiger partial charge in [-0.15, -0.1) is 0 Å². The van der Waals surface area contributed by atoms with E-state index in [9.17, 15) is 4.79 Å². The molecule has 0 atom stereocenters. The maximum absolute atomic E-state index is 10.6. The van der Waals surface area contributed by atoms with Crippen LogP contribution in [0.25, 0.3) is 0 Å². The highest BCUT2D eigenvalue weighted by Gasteiger charge is 2.11. The molecule has 54 valence electrons. The molecule has 0 fully saturated rings. The predicted octanol–water partition coefficient (Wildman–Crippen LogP) is 0.102. The van der Waals surface area contributed by atoms with Gasteiger partial charge in [0.25, 0.3) is 0 Å². The van der Waals surface area contributed by atoms with Crippen molar-refractivity contribution in [1.82, 2.24) is 10.6 Å². The Morgan fingerprint density at radius 3 is 3.00 bits per heavy atom. The Balaban J connectivity index is 2.93. The number of nitrogens with one attached hydrogen (secondary N) is 1. The lowest BCUT2D eigenvalue weighted by atomic mass is 10.3. The number of hydrogen-bond donors (Lipinski definition) is 2. The maximum atomic E-state index is 10.6. The molecule has 5 nitrogen and oxygen atoms in total. The SMILES string of the molecule is Cc1cnoc1C(=O)NO. The van der Waals surface area contributed by atoms with Crippen LogP contribution in [-0.4, -0.2) is 16.3 Å². The van der Waals surface area contributed by atoms with Gasteiger partial charge in [-0.05, 0) is 6.92 Å². The molecule has 1 rings (SSSR count). The van der Waals surface area contributed by atoms with Crippen molar-refractivity contribution in [3.8, 4) is 0 Å². The monoisotopic (exact) mass is 142 g/mol. The van der Waals surface area contributed by atoms with Gasteiger partial charge < -0.3 is 4.52 Å². The summed E-state index contributed by atoms with van der Waals surface area (Å²) in [6.45, 7) is 1.65. The first kappa shape index (κ1) is 6.76. The molecule has 10 heavy (non-hydrogen) atoms. The van der Waals surface area contributed by atoms with Gasteiger partial charge in [-0.2, -0.15) is 0 Å². The standard InChI is InChI=1S/C5H6N2O3/c1-3-2-6-10-4(3)5(8)7-9/h2,9H,1H3,(H,7,8). The second-order valence-corrected chi connectivity index (χ2v) is 1.78. The molecule has 0 bridgehead atoms. The minimum atomic E-state index is -0.685. The van der Waals surface area contributed by atoms with Crippen LogP contribution in [0, 0.1) is 6.92 Å². The number of carbonyl (C=O) groups excluding carboxylic acids is 1. The van der Waals surface area contributed by atoms with Crippen molar-refractivity contribution >= 4 is 5.91 Å². The minimum absolute atomic E-state index is 0.0301. The zero-order valence-corrected chi connectivity index (χ0v) is 5.29. The van der Waals surface area contributed by atoms with Crippen LogP contribution in [0.5, 0.6) is 0 Å². The summed E-state index contributed by atoms with van der Waals surface area (Å²) in [5.41, 5.74) is 2.02. The summed E-state index contributed by atoms with van der Waals surface area (Å²) < 4.78 is 4.49. The molecule has 0 radical (unpaired) electrons. The Bertz CT molecular complexity index is 243. The van der Waals surface area contributed by atoms with Crippen molar-refractivity contribution < 1.29 is 14.5 Å². The lowest BCUT2D eigenvalue weighted by molar-refractivity contribution is 0.0666. The molecular formula is C5H6N2O3. The van der Waals surface area contributed by atoms with Crippen LogP contribution in [0.3, 0.4) is 0 Å². The zero-order valence-electron chi connectivity index (χ0n) is 5.29. The quantitative estimate of drug-likeness (QED) is 0.430. The van der Waals surface area contributed by atoms with Gasteiger partial charge in [0.05, 0.1) is 6.20 Å². The van der Waals surface area contributed by atoms with Crippen molar-refractivity contribution in [1.29, 1.82) is 0 Å². The Labute approximate surface area is 56.6 Å². The number of hydrogen-bond acceptors (Lipinski definition) is 4. The molecular weight excluding hydrogens is 136 g/mol. The van der Waals surface area contributed by atoms with E-state index in [0.29, 0.717) is 5.56 Å². The number of nitrogens with zero attached hydrogens (tertiary/aromatic N) is 1. The molecule has 0 aromatic carbocycles. The smallest absolute Gasteiger partial charge is 0.313 e. The first-order valence-corrected chi connectivity index (χ1v) is 2.61. The molecule has 1 heterocycles. The molecule has 0 saturated heterocycles. The van der Waals surface area contributed by atoms with Crippen molar-refractivity contribution in [2.75, 3.05) is 0 Å². The van der Waals surface area contributed by atoms with E-state index in [1.807, 2.05) is 0 Å². The molecule has 1 aromatic heterocycles. The summed E-state index contributed by atoms with van der Waals surface area (Å²) in [5.74, 6) is -0.655. The van der Waals surface area contributed by atoms with Gasteiger partial charge in [-0.1, -0.05) is 5.16 Å². The van der Waals surface area contributed by atoms with Gasteiger partial charge in [0.1, 0.15) is 0 Å². The Kier molecular flexibility index (Phi) is 1.68. The highest BCUT2D eigenvalue weighted by Crippen LogP contribution is 2.04. The third-order valence-electron chi connectivity index (χ3n) is 1.06. The van der Waals surface area contributed by atoms with E-state index in [4.69, 9.17) is 5.21 Å². The highest BCUT2D eigenvalue weighted by molar-refractivity contribution is 5.91. The largest absolute Gasteiger partial charge is 0.351 e. The van der Waals surface area contributed by atoms with E-state index < -0.39 is 5.91 Å². The van der Waals surface area contributed by atoms with Gasteiger partial charge >= 0.3 is 5.91 Å². The van der Waals surface area contributed by atoms with Gasteiger partial charge in [-0.3, -0.25) is 10.0 Å². The van der Waals surface area contributed by atoms with E-state index >= 15 is 0 Å². The Hall–Kier alpha value is -1.36. The molecule has 2 N–H and O–H groups in total. The minimum Gasteiger partial charge on any atom is -0.351 e. The Morgan fingerprint density at radius 1 is 1.90 bits per heavy atom. The number of aromatic nitrogens is 1. The highest BCUT2D eigenvalue weighted by atomic mass is 16.5. The number of carbonyl (C=O) groups is 1. The van der Waals surface area contributed by atoms with E-state index in [1.165, 1.54) is 11.7 Å². The van der Waals surface area contributed by atoms with E-state index in [-0.39, 0.29) is 5.76 Å². The van der Waals surface area contributed by atoms with Crippen LogP contribution in [0.4, 0.5) is 0 Å². The normalized spacial score (nSPS) is 9.40. The van der Waals surface area contributed by atoms with Crippen LogP contribution >= 0.6 is 0 Å². The predicted molar refractivity (Wildman–Crippen MR) is 30.5 cm³/mol. The summed E-state index contributed by atoms with van der Waals surface area (Å²) >= 11 is 0. The first-order chi connectivity index (χ1) is 4.75. The van der Waals surface area contributed by atoms with E-state index in [1.54, 1.807) is 6.92 Å². The van der Waals surface area contributed by atoms with Crippen LogP contribution < -0.4 is 5.48 Å². The molecule has 0 aliphatic heterocycles. The number of aryl methyl sites for hydroxylation is 1. The fourth-order valence-corrected chi connectivity index (χ4v) is 0.560. The van der Waals surface area contributed by atoms with Crippen LogP contribution in [-0.2, 0) is 0 Å². The fraction of sp³-hybridized carbons (Fsp3) is 0.200. The topological polar surface area (TPSA) is 75.4 Å². The van der Waals surface area contributed by atoms with Gasteiger partial charge in [0.15, 0.2) is 0 Å². The summed E-state index contributed by atoms with van der Waals surface area (Å²) in [4.78, 5) is 10.6. The maximum Gasteiger partial charge on any atom is 0.313 e. The summed E-state index contributed by atoms with van der Waals surface area (Å²) in [5, 5.41) is 11.5. The first-order valence-electron chi connectivity index (χ1n) is 2.61. The molecule has 0 aliphatic rings. The molecule has 5 heteroatoms. The van der Waals surface area contributed by atoms with Crippen molar-refractivity contribution in [2.24, 2.45) is 0 Å². The van der Waals surface area contributed by atoms with Gasteiger partial charge in [-0.25, -0.2) is 5.48 Å². The van der Waals surface area contributed by atoms with Crippen LogP contribution in [0.15, 0.2) is 10.7 Å². The van der Waals surface area contributed by atoms with E-state index in [0.717, 1.165) is 0 Å². The van der Waals surface area contributed by atoms with Gasteiger partial charge in [0, 0.05) is 5.56 Å². The lowest BCUT2D eigenvalue weighted by Crippen LogP contribution is -2.18. The summed E-state index contributed by atoms with van der Waals surface area (Å²) in [6.07, 6.45) is 1.39. The molecule has 1 amide bonds. The molecule has 0 unspecified atom stereocenters. The number of amides is 1. The zero-order chi connectivity index (χ0) is 7.56. The van der Waals surface area contributed by atoms with Crippen molar-refractivity contribution in [2.45, 2.75) is 6.92 Å². The van der Waals surface area contributed by atoms with Crippen molar-refractivity contribution in [3.05, 3.63) is 17.5 Å². The third-order valence-corrected chi connectivity index (χ3v) is 1.06. The molecule has 0 saturated carbocycles. The fourth-order valence-electron chi connectivity index (χ4n) is 0.560. The summed E-state index contributed by atoms with van der Waals surface area (Å²) in [6, 6.07) is 0. The average Bonchev–Trinajstić information content (AvgIpc) is 2.34. The second-order valence-electron chi connectivity index (χ2n) is 1.78. The average molecular weight is 142 g/mol. The number of hydroxylamine groups is 1. The molecule has 0 aliphatic carbocycles. The molecule has 0 spiro atoms. The van der Waals surface area contributed by atoms with Gasteiger partial charge in [0.2, 0.25) is 5.76 Å². The lowest BCUT2D eigenvalue weighted by Gasteiger charge is -1.90. The van der Waals surface area contributed by atoms with Crippen LogP contribution in [0.1, 0.15) is 16.1 Å². The summed E-state index contributed by atoms with van der Waals surface area (Å²) in [7, 11) is 0. The second kappa shape index (κ2) is 2.49. The third kappa shape index (κ3) is 0.985. The van der Waals surface area contributed by atoms with Crippen molar-refractivity contribution in [3.63, 3.8) is 0 Å². The van der Waals surface area contributed by atoms with Crippen LogP contribution in [0.2, 0.25) is 0 Å². The van der Waals surface area contributed by atoms with E-state index in [2.05, 4.69) is 9.68 Å². The Morgan fingerprint density at radius 2 is 2.60 bits per heavy atom.